The number of carbonyl (C=O) groups is 2. The molecule has 6 rings (SSSR count). The lowest BCUT2D eigenvalue weighted by atomic mass is 9.75. The van der Waals surface area contributed by atoms with Crippen LogP contribution in [-0.2, 0) is 11.3 Å². The molecule has 1 aromatic carbocycles. The first-order valence-electron chi connectivity index (χ1n) is 18.0. The Bertz CT molecular complexity index is 1290. The molecule has 1 aromatic heterocycles. The zero-order valence-electron chi connectivity index (χ0n) is 28.0. The highest BCUT2D eigenvalue weighted by atomic mass is 16.6. The number of hydrogen-bond acceptors (Lipinski definition) is 5. The fraction of sp³-hybridized carbons (Fsp3) is 0.703. The molecule has 246 valence electrons. The summed E-state index contributed by atoms with van der Waals surface area (Å²) < 4.78 is 8.44. The third kappa shape index (κ3) is 7.11. The maximum absolute atomic E-state index is 13.7. The molecule has 8 nitrogen and oxygen atoms in total. The van der Waals surface area contributed by atoms with Gasteiger partial charge in [-0.2, -0.15) is 5.10 Å². The molecule has 1 atom stereocenters. The molecule has 2 amide bonds. The highest BCUT2D eigenvalue weighted by Crippen LogP contribution is 2.42. The summed E-state index contributed by atoms with van der Waals surface area (Å²) in [7, 11) is 0. The Kier molecular flexibility index (Phi) is 10.2. The van der Waals surface area contributed by atoms with Gasteiger partial charge in [-0.05, 0) is 57.4 Å². The van der Waals surface area contributed by atoms with Crippen LogP contribution < -0.4 is 0 Å². The van der Waals surface area contributed by atoms with Gasteiger partial charge in [0.1, 0.15) is 5.60 Å². The summed E-state index contributed by atoms with van der Waals surface area (Å²) in [4.78, 5) is 33.8. The molecule has 0 radical (unpaired) electrons. The highest BCUT2D eigenvalue weighted by Gasteiger charge is 2.50. The zero-order chi connectivity index (χ0) is 31.4. The Morgan fingerprint density at radius 3 is 2.38 bits per heavy atom. The predicted molar refractivity (Wildman–Crippen MR) is 177 cm³/mol. The van der Waals surface area contributed by atoms with Crippen LogP contribution >= 0.6 is 0 Å². The monoisotopic (exact) mass is 617 g/mol. The van der Waals surface area contributed by atoms with E-state index in [1.54, 1.807) is 0 Å². The molecule has 1 spiro atoms. The van der Waals surface area contributed by atoms with Crippen LogP contribution in [0.25, 0.3) is 0 Å². The fourth-order valence-corrected chi connectivity index (χ4v) is 8.75. The van der Waals surface area contributed by atoms with Crippen LogP contribution in [0.15, 0.2) is 30.3 Å². The Hall–Kier alpha value is -2.87. The molecule has 0 N–H and O–H groups in total. The van der Waals surface area contributed by atoms with Gasteiger partial charge in [-0.1, -0.05) is 69.4 Å². The Balaban J connectivity index is 1.03. The number of likely N-dealkylation sites (tertiary alicyclic amines) is 2. The van der Waals surface area contributed by atoms with Gasteiger partial charge in [-0.25, -0.2) is 4.79 Å². The minimum atomic E-state index is -0.308. The molecular weight excluding hydrogens is 562 g/mol. The van der Waals surface area contributed by atoms with Crippen molar-refractivity contribution in [3.63, 3.8) is 0 Å². The molecular formula is C37H55N5O3. The van der Waals surface area contributed by atoms with E-state index in [1.165, 1.54) is 50.5 Å². The number of aryl methyl sites for hydroxylation is 1. The smallest absolute Gasteiger partial charge is 0.410 e. The summed E-state index contributed by atoms with van der Waals surface area (Å²) in [5.41, 5.74) is 3.40. The topological polar surface area (TPSA) is 70.9 Å². The first-order chi connectivity index (χ1) is 21.9. The molecule has 0 bridgehead atoms. The third-order valence-corrected chi connectivity index (χ3v) is 11.5. The SMILES string of the molecule is CCCCC1CN(CC2CCCCC2)C(=O)OC12CCN(C1CCN(C(=O)c3c(C)nn(Cc4ccccc4)c3C)CC1)CC2. The van der Waals surface area contributed by atoms with Crippen molar-refractivity contribution in [1.82, 2.24) is 24.5 Å². The molecule has 1 unspecified atom stereocenters. The molecule has 8 heteroatoms. The van der Waals surface area contributed by atoms with E-state index in [-0.39, 0.29) is 17.6 Å². The molecule has 3 saturated heterocycles. The fourth-order valence-electron chi connectivity index (χ4n) is 8.75. The van der Waals surface area contributed by atoms with Gasteiger partial charge in [-0.15, -0.1) is 0 Å². The van der Waals surface area contributed by atoms with E-state index in [1.807, 2.05) is 41.6 Å². The third-order valence-electron chi connectivity index (χ3n) is 11.5. The predicted octanol–water partition coefficient (Wildman–Crippen LogP) is 6.83. The molecule has 45 heavy (non-hydrogen) atoms. The van der Waals surface area contributed by atoms with E-state index in [2.05, 4.69) is 28.9 Å². The summed E-state index contributed by atoms with van der Waals surface area (Å²) in [6.45, 7) is 12.2. The van der Waals surface area contributed by atoms with E-state index in [0.717, 1.165) is 88.3 Å². The highest BCUT2D eigenvalue weighted by molar-refractivity contribution is 5.96. The van der Waals surface area contributed by atoms with E-state index in [0.29, 0.717) is 24.4 Å². The van der Waals surface area contributed by atoms with Crippen molar-refractivity contribution < 1.29 is 14.3 Å². The van der Waals surface area contributed by atoms with Crippen molar-refractivity contribution in [1.29, 1.82) is 0 Å². The van der Waals surface area contributed by atoms with Crippen LogP contribution in [-0.4, -0.2) is 87.4 Å². The van der Waals surface area contributed by atoms with Crippen molar-refractivity contribution in [2.24, 2.45) is 11.8 Å². The summed E-state index contributed by atoms with van der Waals surface area (Å²) >= 11 is 0. The average Bonchev–Trinajstić information content (AvgIpc) is 3.34. The summed E-state index contributed by atoms with van der Waals surface area (Å²) in [6, 6.07) is 10.8. The molecule has 2 aromatic rings. The first-order valence-corrected chi connectivity index (χ1v) is 18.0. The van der Waals surface area contributed by atoms with Gasteiger partial charge < -0.3 is 14.5 Å². The summed E-state index contributed by atoms with van der Waals surface area (Å²) in [5.74, 6) is 1.19. The second kappa shape index (κ2) is 14.3. The second-order valence-electron chi connectivity index (χ2n) is 14.4. The minimum Gasteiger partial charge on any atom is -0.442 e. The molecule has 4 fully saturated rings. The summed E-state index contributed by atoms with van der Waals surface area (Å²) in [5, 5.41) is 4.74. The molecule has 3 aliphatic heterocycles. The largest absolute Gasteiger partial charge is 0.442 e. The number of rotatable bonds is 9. The van der Waals surface area contributed by atoms with Crippen LogP contribution in [0, 0.1) is 25.7 Å². The maximum atomic E-state index is 13.7. The number of unbranched alkanes of at least 4 members (excludes halogenated alkanes) is 1. The molecule has 4 aliphatic rings. The van der Waals surface area contributed by atoms with Crippen molar-refractivity contribution in [3.8, 4) is 0 Å². The van der Waals surface area contributed by atoms with Gasteiger partial charge in [0, 0.05) is 69.8 Å². The van der Waals surface area contributed by atoms with E-state index in [4.69, 9.17) is 9.84 Å². The van der Waals surface area contributed by atoms with E-state index < -0.39 is 0 Å². The Labute approximate surface area is 270 Å². The van der Waals surface area contributed by atoms with Crippen LogP contribution in [0.4, 0.5) is 4.79 Å². The van der Waals surface area contributed by atoms with Crippen LogP contribution in [0.2, 0.25) is 0 Å². The number of ether oxygens (including phenoxy) is 1. The number of piperidine rings is 2. The number of benzene rings is 1. The lowest BCUT2D eigenvalue weighted by molar-refractivity contribution is -0.127. The van der Waals surface area contributed by atoms with Gasteiger partial charge in [-0.3, -0.25) is 14.4 Å². The van der Waals surface area contributed by atoms with Crippen molar-refractivity contribution in [2.45, 2.75) is 116 Å². The van der Waals surface area contributed by atoms with Crippen molar-refractivity contribution >= 4 is 12.0 Å². The van der Waals surface area contributed by atoms with Gasteiger partial charge in [0.2, 0.25) is 0 Å². The molecule has 1 saturated carbocycles. The number of aromatic nitrogens is 2. The van der Waals surface area contributed by atoms with Gasteiger partial charge in [0.15, 0.2) is 0 Å². The minimum absolute atomic E-state index is 0.0636. The zero-order valence-corrected chi connectivity index (χ0v) is 28.0. The Morgan fingerprint density at radius 1 is 0.978 bits per heavy atom. The number of hydrogen-bond donors (Lipinski definition) is 0. The van der Waals surface area contributed by atoms with Crippen LogP contribution in [0.3, 0.4) is 0 Å². The standard InChI is InChI=1S/C37H55N5O3/c1-4-5-16-32-27-41(25-30-12-8-6-9-13-30)36(44)45-37(32)19-23-39(24-20-37)33-17-21-40(22-18-33)35(43)34-28(2)38-42(29(34)3)26-31-14-10-7-11-15-31/h7,10-11,14-15,30,32-33H,4-6,8-9,12-13,16-27H2,1-3H3. The van der Waals surface area contributed by atoms with Crippen molar-refractivity contribution in [3.05, 3.63) is 52.8 Å². The average molecular weight is 618 g/mol. The second-order valence-corrected chi connectivity index (χ2v) is 14.4. The lowest BCUT2D eigenvalue weighted by Crippen LogP contribution is -2.61. The number of amides is 2. The first kappa shape index (κ1) is 32.1. The van der Waals surface area contributed by atoms with E-state index in [9.17, 15) is 9.59 Å². The normalized spacial score (nSPS) is 23.4. The molecule has 4 heterocycles. The molecule has 1 aliphatic carbocycles. The van der Waals surface area contributed by atoms with Gasteiger partial charge in [0.05, 0.1) is 17.8 Å². The quantitative estimate of drug-likeness (QED) is 0.309. The number of nitrogens with zero attached hydrogens (tertiary/aromatic N) is 5. The van der Waals surface area contributed by atoms with Crippen molar-refractivity contribution in [2.75, 3.05) is 39.3 Å². The van der Waals surface area contributed by atoms with Gasteiger partial charge >= 0.3 is 6.09 Å². The van der Waals surface area contributed by atoms with Gasteiger partial charge in [0.25, 0.3) is 5.91 Å². The van der Waals surface area contributed by atoms with E-state index >= 15 is 0 Å². The van der Waals surface area contributed by atoms with Crippen LogP contribution in [0.5, 0.6) is 0 Å². The summed E-state index contributed by atoms with van der Waals surface area (Å²) in [6.07, 6.45) is 13.8. The van der Waals surface area contributed by atoms with Crippen LogP contribution in [0.1, 0.15) is 111 Å². The number of carbonyl (C=O) groups excluding carboxylic acids is 2. The lowest BCUT2D eigenvalue weighted by Gasteiger charge is -2.52. The Morgan fingerprint density at radius 2 is 1.69 bits per heavy atom. The maximum Gasteiger partial charge on any atom is 0.410 e.